The van der Waals surface area contributed by atoms with Gasteiger partial charge >= 0.3 is 0 Å². The van der Waals surface area contributed by atoms with Crippen LogP contribution < -0.4 is 10.7 Å². The minimum atomic E-state index is -0.141. The molecule has 17 heavy (non-hydrogen) atoms. The lowest BCUT2D eigenvalue weighted by Gasteiger charge is -2.24. The number of hydrogen-bond acceptors (Lipinski definition) is 3. The van der Waals surface area contributed by atoms with Crippen molar-refractivity contribution < 1.29 is 9.59 Å². The highest BCUT2D eigenvalue weighted by Crippen LogP contribution is 2.36. The molecule has 1 aliphatic carbocycles. The van der Waals surface area contributed by atoms with Crippen LogP contribution in [0.4, 0.5) is 0 Å². The zero-order valence-electron chi connectivity index (χ0n) is 10.2. The normalized spacial score (nSPS) is 22.9. The first kappa shape index (κ1) is 12.1. The van der Waals surface area contributed by atoms with E-state index in [1.165, 1.54) is 25.7 Å². The second-order valence-corrected chi connectivity index (χ2v) is 5.29. The molecule has 2 amide bonds. The molecule has 2 N–H and O–H groups in total. The molecule has 0 spiro atoms. The number of carbonyl (C=O) groups excluding carboxylic acids is 2. The van der Waals surface area contributed by atoms with Gasteiger partial charge in [-0.05, 0) is 18.3 Å². The maximum Gasteiger partial charge on any atom is 0.267 e. The number of hydrazone groups is 1. The van der Waals surface area contributed by atoms with Crippen molar-refractivity contribution >= 4 is 17.5 Å². The first-order valence-electron chi connectivity index (χ1n) is 6.23. The highest BCUT2D eigenvalue weighted by molar-refractivity contribution is 6.39. The summed E-state index contributed by atoms with van der Waals surface area (Å²) in [7, 11) is 0. The Bertz CT molecular complexity index is 357. The quantitative estimate of drug-likeness (QED) is 0.767. The second kappa shape index (κ2) is 4.85. The Morgan fingerprint density at radius 3 is 2.71 bits per heavy atom. The molecule has 1 fully saturated rings. The summed E-state index contributed by atoms with van der Waals surface area (Å²) in [6.45, 7) is 2.92. The summed E-state index contributed by atoms with van der Waals surface area (Å²) in [4.78, 5) is 22.7. The zero-order valence-corrected chi connectivity index (χ0v) is 10.2. The predicted octanol–water partition coefficient (Wildman–Crippen LogP) is 0.949. The van der Waals surface area contributed by atoms with Crippen molar-refractivity contribution in [2.75, 3.05) is 6.54 Å². The molecule has 1 saturated carbocycles. The third-order valence-corrected chi connectivity index (χ3v) is 3.65. The smallest absolute Gasteiger partial charge is 0.267 e. The van der Waals surface area contributed by atoms with Crippen LogP contribution in [-0.4, -0.2) is 24.1 Å². The summed E-state index contributed by atoms with van der Waals surface area (Å²) in [6, 6.07) is 0. The molecule has 0 radical (unpaired) electrons. The van der Waals surface area contributed by atoms with Crippen LogP contribution in [0.15, 0.2) is 5.10 Å². The highest BCUT2D eigenvalue weighted by atomic mass is 16.2. The van der Waals surface area contributed by atoms with Crippen LogP contribution in [0, 0.1) is 5.41 Å². The lowest BCUT2D eigenvalue weighted by Crippen LogP contribution is -2.40. The van der Waals surface area contributed by atoms with E-state index in [0.717, 1.165) is 0 Å². The Balaban J connectivity index is 1.83. The molecular formula is C12H19N3O2. The van der Waals surface area contributed by atoms with Crippen LogP contribution in [0.2, 0.25) is 0 Å². The summed E-state index contributed by atoms with van der Waals surface area (Å²) in [5.41, 5.74) is 3.02. The third-order valence-electron chi connectivity index (χ3n) is 3.65. The van der Waals surface area contributed by atoms with E-state index in [4.69, 9.17) is 0 Å². The maximum absolute atomic E-state index is 11.8. The van der Waals surface area contributed by atoms with E-state index in [1.54, 1.807) is 0 Å². The summed E-state index contributed by atoms with van der Waals surface area (Å²) in [5.74, 6) is -0.262. The number of rotatable bonds is 3. The van der Waals surface area contributed by atoms with Gasteiger partial charge in [0.2, 0.25) is 5.91 Å². The lowest BCUT2D eigenvalue weighted by atomic mass is 9.89. The number of nitrogens with zero attached hydrogens (tertiary/aromatic N) is 1. The molecule has 5 heteroatoms. The number of hydrogen-bond donors (Lipinski definition) is 2. The van der Waals surface area contributed by atoms with E-state index < -0.39 is 0 Å². The molecule has 0 atom stereocenters. The average Bonchev–Trinajstić information content (AvgIpc) is 2.75. The second-order valence-electron chi connectivity index (χ2n) is 5.29. The molecule has 94 valence electrons. The van der Waals surface area contributed by atoms with Gasteiger partial charge in [0.15, 0.2) is 0 Å². The van der Waals surface area contributed by atoms with Crippen LogP contribution in [0.5, 0.6) is 0 Å². The van der Waals surface area contributed by atoms with Crippen molar-refractivity contribution in [3.63, 3.8) is 0 Å². The van der Waals surface area contributed by atoms with Crippen LogP contribution in [0.25, 0.3) is 0 Å². The first-order valence-corrected chi connectivity index (χ1v) is 6.23. The molecule has 0 aromatic heterocycles. The summed E-state index contributed by atoms with van der Waals surface area (Å²) in [5, 5.41) is 6.71. The largest absolute Gasteiger partial charge is 0.350 e. The van der Waals surface area contributed by atoms with Gasteiger partial charge in [0.1, 0.15) is 5.71 Å². The van der Waals surface area contributed by atoms with Gasteiger partial charge in [-0.2, -0.15) is 5.10 Å². The van der Waals surface area contributed by atoms with Gasteiger partial charge in [0.05, 0.1) is 0 Å². The fourth-order valence-corrected chi connectivity index (χ4v) is 2.44. The standard InChI is InChI=1S/C12H19N3O2/c1-12(6-2-3-7-12)8-13-11(17)9-4-5-10(16)15-14-9/h2-8H2,1H3,(H,13,17)(H,15,16). The molecule has 0 aromatic carbocycles. The molecule has 0 saturated heterocycles. The van der Waals surface area contributed by atoms with Crippen LogP contribution in [-0.2, 0) is 9.59 Å². The van der Waals surface area contributed by atoms with Gasteiger partial charge in [-0.1, -0.05) is 19.8 Å². The molecule has 1 heterocycles. The van der Waals surface area contributed by atoms with Crippen LogP contribution >= 0.6 is 0 Å². The van der Waals surface area contributed by atoms with Crippen molar-refractivity contribution in [1.82, 2.24) is 10.7 Å². The Hall–Kier alpha value is -1.39. The molecule has 0 unspecified atom stereocenters. The van der Waals surface area contributed by atoms with Crippen molar-refractivity contribution in [2.45, 2.75) is 45.4 Å². The van der Waals surface area contributed by atoms with Gasteiger partial charge < -0.3 is 5.32 Å². The van der Waals surface area contributed by atoms with E-state index in [0.29, 0.717) is 25.1 Å². The first-order chi connectivity index (χ1) is 8.09. The number of amides is 2. The topological polar surface area (TPSA) is 70.6 Å². The van der Waals surface area contributed by atoms with Crippen molar-refractivity contribution in [2.24, 2.45) is 10.5 Å². The van der Waals surface area contributed by atoms with E-state index in [-0.39, 0.29) is 17.2 Å². The van der Waals surface area contributed by atoms with Crippen molar-refractivity contribution in [3.05, 3.63) is 0 Å². The van der Waals surface area contributed by atoms with Gasteiger partial charge in [-0.3, -0.25) is 9.59 Å². The van der Waals surface area contributed by atoms with Gasteiger partial charge in [0.25, 0.3) is 5.91 Å². The van der Waals surface area contributed by atoms with Crippen molar-refractivity contribution in [1.29, 1.82) is 0 Å². The van der Waals surface area contributed by atoms with E-state index in [1.807, 2.05) is 0 Å². The fraction of sp³-hybridized carbons (Fsp3) is 0.750. The number of carbonyl (C=O) groups is 2. The SMILES string of the molecule is CC1(CNC(=O)C2=NNC(=O)CC2)CCCC1. The van der Waals surface area contributed by atoms with Crippen molar-refractivity contribution in [3.8, 4) is 0 Å². The van der Waals surface area contributed by atoms with Gasteiger partial charge in [-0.25, -0.2) is 5.43 Å². The Morgan fingerprint density at radius 2 is 2.12 bits per heavy atom. The molecular weight excluding hydrogens is 218 g/mol. The summed E-state index contributed by atoms with van der Waals surface area (Å²) in [6.07, 6.45) is 5.65. The maximum atomic E-state index is 11.8. The predicted molar refractivity (Wildman–Crippen MR) is 64.4 cm³/mol. The van der Waals surface area contributed by atoms with Crippen LogP contribution in [0.1, 0.15) is 45.4 Å². The summed E-state index contributed by atoms with van der Waals surface area (Å²) < 4.78 is 0. The summed E-state index contributed by atoms with van der Waals surface area (Å²) >= 11 is 0. The van der Waals surface area contributed by atoms with E-state index in [2.05, 4.69) is 22.8 Å². The number of nitrogens with one attached hydrogen (secondary N) is 2. The minimum Gasteiger partial charge on any atom is -0.350 e. The molecule has 0 bridgehead atoms. The highest BCUT2D eigenvalue weighted by Gasteiger charge is 2.29. The molecule has 0 aromatic rings. The Labute approximate surface area is 101 Å². The van der Waals surface area contributed by atoms with Crippen LogP contribution in [0.3, 0.4) is 0 Å². The molecule has 1 aliphatic heterocycles. The molecule has 2 rings (SSSR count). The average molecular weight is 237 g/mol. The van der Waals surface area contributed by atoms with Gasteiger partial charge in [0, 0.05) is 19.4 Å². The fourth-order valence-electron chi connectivity index (χ4n) is 2.44. The Morgan fingerprint density at radius 1 is 1.41 bits per heavy atom. The zero-order chi connectivity index (χ0) is 12.3. The molecule has 5 nitrogen and oxygen atoms in total. The minimum absolute atomic E-state index is 0.121. The third kappa shape index (κ3) is 3.05. The lowest BCUT2D eigenvalue weighted by molar-refractivity contribution is -0.121. The van der Waals surface area contributed by atoms with E-state index >= 15 is 0 Å². The van der Waals surface area contributed by atoms with Gasteiger partial charge in [-0.15, -0.1) is 0 Å². The monoisotopic (exact) mass is 237 g/mol. The molecule has 2 aliphatic rings. The van der Waals surface area contributed by atoms with E-state index in [9.17, 15) is 9.59 Å². The Kier molecular flexibility index (Phi) is 3.45.